The molecule has 0 saturated heterocycles. The summed E-state index contributed by atoms with van der Waals surface area (Å²) in [5, 5.41) is 18.6. The summed E-state index contributed by atoms with van der Waals surface area (Å²) >= 11 is 0. The van der Waals surface area contributed by atoms with Crippen LogP contribution in [-0.2, 0) is 9.59 Å². The van der Waals surface area contributed by atoms with E-state index < -0.39 is 11.9 Å². The van der Waals surface area contributed by atoms with Crippen LogP contribution in [-0.4, -0.2) is 22.2 Å². The Kier molecular flexibility index (Phi) is 6.15. The van der Waals surface area contributed by atoms with E-state index in [2.05, 4.69) is 33.4 Å². The molecule has 0 aromatic rings. The van der Waals surface area contributed by atoms with Gasteiger partial charge in [0.25, 0.3) is 0 Å². The molecule has 4 heteroatoms. The second kappa shape index (κ2) is 8.27. The van der Waals surface area contributed by atoms with Gasteiger partial charge in [-0.1, -0.05) is 32.9 Å². The van der Waals surface area contributed by atoms with Crippen LogP contribution in [0.25, 0.3) is 0 Å². The molecule has 33 heavy (non-hydrogen) atoms. The number of hydrogen-bond donors (Lipinski definition) is 2. The second-order valence-corrected chi connectivity index (χ2v) is 12.6. The number of fused-ring (bicyclic) bond motifs is 2. The van der Waals surface area contributed by atoms with Gasteiger partial charge in [-0.15, -0.1) is 6.58 Å². The fourth-order valence-electron chi connectivity index (χ4n) is 9.80. The van der Waals surface area contributed by atoms with Crippen LogP contribution >= 0.6 is 0 Å². The first kappa shape index (κ1) is 24.5. The summed E-state index contributed by atoms with van der Waals surface area (Å²) in [6.07, 6.45) is 15.7. The van der Waals surface area contributed by atoms with Gasteiger partial charge in [0.15, 0.2) is 0 Å². The van der Waals surface area contributed by atoms with E-state index in [1.54, 1.807) is 6.92 Å². The van der Waals surface area contributed by atoms with Crippen molar-refractivity contribution in [2.24, 2.45) is 45.3 Å². The lowest BCUT2D eigenvalue weighted by Gasteiger charge is -2.61. The fraction of sp³-hybridized carbons (Fsp3) is 0.793. The highest BCUT2D eigenvalue weighted by atomic mass is 16.4. The van der Waals surface area contributed by atoms with Crippen molar-refractivity contribution in [3.63, 3.8) is 0 Å². The number of carbonyl (C=O) groups is 2. The Morgan fingerprint density at radius 3 is 2.45 bits per heavy atom. The van der Waals surface area contributed by atoms with E-state index in [1.807, 2.05) is 6.08 Å². The highest BCUT2D eigenvalue weighted by Crippen LogP contribution is 2.87. The molecule has 0 unspecified atom stereocenters. The normalized spacial score (nSPS) is 44.8. The molecule has 4 saturated carbocycles. The molecule has 0 aliphatic heterocycles. The summed E-state index contributed by atoms with van der Waals surface area (Å²) < 4.78 is 0. The number of allylic oxidation sites excluding steroid dienone is 2. The third kappa shape index (κ3) is 3.45. The number of hydrogen-bond acceptors (Lipinski definition) is 2. The Labute approximate surface area is 199 Å². The number of rotatable bonds is 9. The Morgan fingerprint density at radius 1 is 1.09 bits per heavy atom. The maximum Gasteiger partial charge on any atom is 0.330 e. The Bertz CT molecular complexity index is 860. The van der Waals surface area contributed by atoms with E-state index in [4.69, 9.17) is 5.11 Å². The van der Waals surface area contributed by atoms with Gasteiger partial charge in [-0.3, -0.25) is 4.79 Å². The zero-order valence-electron chi connectivity index (χ0n) is 21.2. The van der Waals surface area contributed by atoms with Crippen LogP contribution in [0, 0.1) is 45.3 Å². The Balaban J connectivity index is 1.55. The second-order valence-electron chi connectivity index (χ2n) is 12.6. The predicted octanol–water partition coefficient (Wildman–Crippen LogP) is 7.10. The lowest BCUT2D eigenvalue weighted by molar-refractivity contribution is -0.139. The third-order valence-corrected chi connectivity index (χ3v) is 11.8. The molecule has 0 radical (unpaired) electrons. The Morgan fingerprint density at radius 2 is 1.82 bits per heavy atom. The van der Waals surface area contributed by atoms with Gasteiger partial charge in [0, 0.05) is 12.0 Å². The van der Waals surface area contributed by atoms with E-state index in [-0.39, 0.29) is 11.8 Å². The summed E-state index contributed by atoms with van der Waals surface area (Å²) in [6, 6.07) is 0. The summed E-state index contributed by atoms with van der Waals surface area (Å²) in [7, 11) is 0. The molecule has 4 nitrogen and oxygen atoms in total. The van der Waals surface area contributed by atoms with Crippen LogP contribution in [0.1, 0.15) is 98.3 Å². The van der Waals surface area contributed by atoms with E-state index in [0.29, 0.717) is 45.5 Å². The van der Waals surface area contributed by atoms with Gasteiger partial charge in [-0.2, -0.15) is 0 Å². The maximum atomic E-state index is 11.5. The topological polar surface area (TPSA) is 74.6 Å². The van der Waals surface area contributed by atoms with Crippen LogP contribution < -0.4 is 0 Å². The van der Waals surface area contributed by atoms with Crippen molar-refractivity contribution in [2.75, 3.05) is 0 Å². The summed E-state index contributed by atoms with van der Waals surface area (Å²) in [6.45, 7) is 13.4. The monoisotopic (exact) mass is 456 g/mol. The van der Waals surface area contributed by atoms with E-state index >= 15 is 0 Å². The van der Waals surface area contributed by atoms with Crippen molar-refractivity contribution in [2.45, 2.75) is 98.3 Å². The molecular weight excluding hydrogens is 412 g/mol. The lowest BCUT2D eigenvalue weighted by atomic mass is 9.44. The molecule has 0 aromatic heterocycles. The minimum atomic E-state index is -0.813. The highest BCUT2D eigenvalue weighted by molar-refractivity contribution is 5.85. The van der Waals surface area contributed by atoms with Gasteiger partial charge < -0.3 is 10.2 Å². The van der Waals surface area contributed by atoms with Crippen LogP contribution in [0.4, 0.5) is 0 Å². The summed E-state index contributed by atoms with van der Waals surface area (Å²) in [5.41, 5.74) is 1.58. The molecular formula is C29H44O4. The smallest absolute Gasteiger partial charge is 0.330 e. The first-order valence-electron chi connectivity index (χ1n) is 13.2. The molecule has 1 spiro atoms. The minimum absolute atomic E-state index is 0.170. The van der Waals surface area contributed by atoms with Gasteiger partial charge >= 0.3 is 11.9 Å². The zero-order valence-corrected chi connectivity index (χ0v) is 21.2. The van der Waals surface area contributed by atoms with E-state index in [9.17, 15) is 14.7 Å². The number of carboxylic acids is 2. The molecule has 0 aromatic carbocycles. The molecule has 4 aliphatic rings. The quantitative estimate of drug-likeness (QED) is 0.286. The molecule has 2 N–H and O–H groups in total. The number of carboxylic acid groups (broad SMARTS) is 2. The highest BCUT2D eigenvalue weighted by Gasteiger charge is 2.79. The largest absolute Gasteiger partial charge is 0.481 e. The van der Waals surface area contributed by atoms with Crippen molar-refractivity contribution in [1.29, 1.82) is 0 Å². The van der Waals surface area contributed by atoms with Crippen LogP contribution in [0.5, 0.6) is 0 Å². The molecule has 4 rings (SSSR count). The average molecular weight is 457 g/mol. The summed E-state index contributed by atoms with van der Waals surface area (Å²) in [5.74, 6) is 0.963. The number of aliphatic carboxylic acids is 2. The van der Waals surface area contributed by atoms with Gasteiger partial charge in [-0.05, 0) is 116 Å². The van der Waals surface area contributed by atoms with E-state index in [0.717, 1.165) is 19.3 Å². The van der Waals surface area contributed by atoms with Crippen molar-refractivity contribution >= 4 is 11.9 Å². The predicted molar refractivity (Wildman–Crippen MR) is 131 cm³/mol. The molecule has 0 heterocycles. The van der Waals surface area contributed by atoms with Crippen molar-refractivity contribution in [3.8, 4) is 0 Å². The zero-order chi connectivity index (χ0) is 24.2. The summed E-state index contributed by atoms with van der Waals surface area (Å²) in [4.78, 5) is 22.6. The Hall–Kier alpha value is -1.58. The molecule has 4 fully saturated rings. The van der Waals surface area contributed by atoms with Crippen LogP contribution in [0.15, 0.2) is 24.3 Å². The molecule has 8 atom stereocenters. The standard InChI is InChI=1S/C29H44O4/c1-6-21-10-11-23-27(5)14-12-22(19(2)8-7-9-20(3)25(32)33)26(27,4)16-17-29(23)18-28(21,29)15-13-24(30)31/h6,9,19,21-23H,1,7-8,10-18H2,2-5H3,(H,30,31)(H,32,33)/b20-9+/t19-,21-,22-,23+,26-,27+,28-,29+/m1/s1. The molecule has 184 valence electrons. The average Bonchev–Trinajstić information content (AvgIpc) is 3.35. The van der Waals surface area contributed by atoms with Gasteiger partial charge in [0.1, 0.15) is 0 Å². The third-order valence-electron chi connectivity index (χ3n) is 11.8. The molecule has 0 amide bonds. The van der Waals surface area contributed by atoms with Crippen LogP contribution in [0.2, 0.25) is 0 Å². The lowest BCUT2D eigenvalue weighted by Crippen LogP contribution is -2.54. The SMILES string of the molecule is C=C[C@@H]1CC[C@@H]2[C@]3(CC[C@]4(C)[C@@H]([C@H](C)CC/C=C(\C)C(=O)O)CC[C@@]24C)C[C@]13CCC(=O)O. The molecule has 0 bridgehead atoms. The van der Waals surface area contributed by atoms with E-state index in [1.165, 1.54) is 44.9 Å². The molecule has 4 aliphatic carbocycles. The van der Waals surface area contributed by atoms with Crippen molar-refractivity contribution in [1.82, 2.24) is 0 Å². The van der Waals surface area contributed by atoms with Gasteiger partial charge in [-0.25, -0.2) is 4.79 Å². The van der Waals surface area contributed by atoms with Crippen molar-refractivity contribution in [3.05, 3.63) is 24.3 Å². The van der Waals surface area contributed by atoms with Gasteiger partial charge in [0.2, 0.25) is 0 Å². The fourth-order valence-corrected chi connectivity index (χ4v) is 9.80. The minimum Gasteiger partial charge on any atom is -0.481 e. The van der Waals surface area contributed by atoms with Gasteiger partial charge in [0.05, 0.1) is 0 Å². The van der Waals surface area contributed by atoms with Crippen molar-refractivity contribution < 1.29 is 19.8 Å². The van der Waals surface area contributed by atoms with Crippen LogP contribution in [0.3, 0.4) is 0 Å². The first-order chi connectivity index (χ1) is 15.5. The maximum absolute atomic E-state index is 11.5. The first-order valence-corrected chi connectivity index (χ1v) is 13.2.